The number of rotatable bonds is 6. The largest absolute Gasteiger partial charge is 0.454 e. The summed E-state index contributed by atoms with van der Waals surface area (Å²) in [7, 11) is 0. The molecule has 1 saturated heterocycles. The van der Waals surface area contributed by atoms with E-state index in [1.165, 1.54) is 0 Å². The van der Waals surface area contributed by atoms with Gasteiger partial charge in [-0.2, -0.15) is 0 Å². The third-order valence-corrected chi connectivity index (χ3v) is 4.81. The fraction of sp³-hybridized carbons (Fsp3) is 0.400. The molecule has 27 heavy (non-hydrogen) atoms. The Morgan fingerprint density at radius 3 is 2.85 bits per heavy atom. The van der Waals surface area contributed by atoms with Crippen LogP contribution in [0.1, 0.15) is 17.2 Å². The molecule has 0 aliphatic carbocycles. The molecule has 0 bridgehead atoms. The van der Waals surface area contributed by atoms with Crippen molar-refractivity contribution in [2.75, 3.05) is 39.6 Å². The Morgan fingerprint density at radius 1 is 1.19 bits per heavy atom. The summed E-state index contributed by atoms with van der Waals surface area (Å²) in [6, 6.07) is 9.34. The lowest BCUT2D eigenvalue weighted by Gasteiger charge is -2.33. The van der Waals surface area contributed by atoms with E-state index in [2.05, 4.69) is 15.2 Å². The molecule has 0 spiro atoms. The fourth-order valence-corrected chi connectivity index (χ4v) is 3.42. The number of ether oxygens (including phenoxy) is 3. The average Bonchev–Trinajstić information content (AvgIpc) is 3.18. The van der Waals surface area contributed by atoms with Gasteiger partial charge in [0.2, 0.25) is 12.7 Å². The smallest absolute Gasteiger partial charge is 0.242 e. The Hall–Kier alpha value is -2.64. The molecule has 1 aromatic carbocycles. The van der Waals surface area contributed by atoms with Gasteiger partial charge in [0.25, 0.3) is 0 Å². The molecule has 1 fully saturated rings. The van der Waals surface area contributed by atoms with Crippen molar-refractivity contribution < 1.29 is 19.0 Å². The minimum atomic E-state index is -0.348. The number of nitrogens with one attached hydrogen (secondary N) is 1. The second kappa shape index (κ2) is 8.37. The van der Waals surface area contributed by atoms with E-state index in [1.54, 1.807) is 12.4 Å². The van der Waals surface area contributed by atoms with Gasteiger partial charge >= 0.3 is 0 Å². The number of pyridine rings is 1. The molecule has 1 atom stereocenters. The lowest BCUT2D eigenvalue weighted by Crippen LogP contribution is -2.46. The van der Waals surface area contributed by atoms with Crippen LogP contribution in [-0.4, -0.2) is 55.4 Å². The van der Waals surface area contributed by atoms with Crippen LogP contribution in [0, 0.1) is 0 Å². The third kappa shape index (κ3) is 4.20. The van der Waals surface area contributed by atoms with E-state index < -0.39 is 0 Å². The van der Waals surface area contributed by atoms with Crippen molar-refractivity contribution >= 4 is 5.91 Å². The monoisotopic (exact) mass is 369 g/mol. The Labute approximate surface area is 158 Å². The number of hydrogen-bond donors (Lipinski definition) is 1. The van der Waals surface area contributed by atoms with Crippen molar-refractivity contribution in [3.63, 3.8) is 0 Å². The number of hydrogen-bond acceptors (Lipinski definition) is 6. The number of carbonyl (C=O) groups is 1. The SMILES string of the molecule is O=C(NCCc1ccc2c(c1)OCO2)[C@H](c1cccnc1)N1CCOCC1. The van der Waals surface area contributed by atoms with Crippen molar-refractivity contribution in [1.82, 2.24) is 15.2 Å². The summed E-state index contributed by atoms with van der Waals surface area (Å²) in [6.07, 6.45) is 4.21. The number of carbonyl (C=O) groups excluding carboxylic acids is 1. The van der Waals surface area contributed by atoms with Crippen LogP contribution in [0.15, 0.2) is 42.7 Å². The van der Waals surface area contributed by atoms with Gasteiger partial charge in [-0.25, -0.2) is 0 Å². The molecule has 7 nitrogen and oxygen atoms in total. The first-order valence-electron chi connectivity index (χ1n) is 9.19. The summed E-state index contributed by atoms with van der Waals surface area (Å²) < 4.78 is 16.2. The Balaban J connectivity index is 1.39. The van der Waals surface area contributed by atoms with Crippen LogP contribution in [0.3, 0.4) is 0 Å². The van der Waals surface area contributed by atoms with Crippen LogP contribution >= 0.6 is 0 Å². The Morgan fingerprint density at radius 2 is 2.04 bits per heavy atom. The zero-order valence-corrected chi connectivity index (χ0v) is 15.1. The quantitative estimate of drug-likeness (QED) is 0.833. The minimum absolute atomic E-state index is 0.00866. The van der Waals surface area contributed by atoms with Gasteiger partial charge in [-0.1, -0.05) is 12.1 Å². The summed E-state index contributed by atoms with van der Waals surface area (Å²) in [5.74, 6) is 1.53. The molecule has 3 heterocycles. The molecule has 142 valence electrons. The van der Waals surface area contributed by atoms with E-state index in [0.29, 0.717) is 19.8 Å². The fourth-order valence-electron chi connectivity index (χ4n) is 3.42. The van der Waals surface area contributed by atoms with E-state index in [1.807, 2.05) is 30.3 Å². The van der Waals surface area contributed by atoms with E-state index in [-0.39, 0.29) is 18.7 Å². The van der Waals surface area contributed by atoms with E-state index in [9.17, 15) is 4.79 Å². The van der Waals surface area contributed by atoms with E-state index >= 15 is 0 Å². The summed E-state index contributed by atoms with van der Waals surface area (Å²) in [5, 5.41) is 3.07. The molecule has 1 amide bonds. The Bertz CT molecular complexity index is 778. The Kier molecular flexibility index (Phi) is 5.50. The highest BCUT2D eigenvalue weighted by atomic mass is 16.7. The van der Waals surface area contributed by atoms with Gasteiger partial charge in [-0.3, -0.25) is 14.7 Å². The molecule has 1 aromatic heterocycles. The summed E-state index contributed by atoms with van der Waals surface area (Å²) >= 11 is 0. The number of morpholine rings is 1. The predicted molar refractivity (Wildman–Crippen MR) is 98.6 cm³/mol. The topological polar surface area (TPSA) is 72.9 Å². The van der Waals surface area contributed by atoms with Crippen LogP contribution in [-0.2, 0) is 16.0 Å². The summed E-state index contributed by atoms with van der Waals surface area (Å²) in [6.45, 7) is 3.56. The molecule has 4 rings (SSSR count). The van der Waals surface area contributed by atoms with E-state index in [4.69, 9.17) is 14.2 Å². The van der Waals surface area contributed by atoms with Crippen molar-refractivity contribution in [3.05, 3.63) is 53.9 Å². The first kappa shape index (κ1) is 17.8. The molecular formula is C20H23N3O4. The normalized spacial score (nSPS) is 17.5. The summed E-state index contributed by atoms with van der Waals surface area (Å²) in [4.78, 5) is 19.3. The molecular weight excluding hydrogens is 346 g/mol. The summed E-state index contributed by atoms with van der Waals surface area (Å²) in [5.41, 5.74) is 2.00. The van der Waals surface area contributed by atoms with Gasteiger partial charge in [-0.05, 0) is 35.7 Å². The molecule has 0 saturated carbocycles. The first-order chi connectivity index (χ1) is 13.3. The van der Waals surface area contributed by atoms with Gasteiger partial charge in [0.05, 0.1) is 13.2 Å². The van der Waals surface area contributed by atoms with Crippen molar-refractivity contribution in [2.24, 2.45) is 0 Å². The highest BCUT2D eigenvalue weighted by Gasteiger charge is 2.29. The number of amides is 1. The van der Waals surface area contributed by atoms with Crippen molar-refractivity contribution in [3.8, 4) is 11.5 Å². The maximum Gasteiger partial charge on any atom is 0.242 e. The molecule has 2 aliphatic heterocycles. The van der Waals surface area contributed by atoms with Crippen LogP contribution in [0.4, 0.5) is 0 Å². The zero-order chi connectivity index (χ0) is 18.5. The van der Waals surface area contributed by atoms with Gasteiger partial charge in [0.15, 0.2) is 11.5 Å². The van der Waals surface area contributed by atoms with Crippen LogP contribution < -0.4 is 14.8 Å². The third-order valence-electron chi connectivity index (χ3n) is 4.81. The number of fused-ring (bicyclic) bond motifs is 1. The highest BCUT2D eigenvalue weighted by Crippen LogP contribution is 2.32. The van der Waals surface area contributed by atoms with Crippen molar-refractivity contribution in [2.45, 2.75) is 12.5 Å². The second-order valence-electron chi connectivity index (χ2n) is 6.57. The maximum atomic E-state index is 13.0. The maximum absolute atomic E-state index is 13.0. The molecule has 0 radical (unpaired) electrons. The lowest BCUT2D eigenvalue weighted by molar-refractivity contribution is -0.128. The van der Waals surface area contributed by atoms with Crippen LogP contribution in [0.5, 0.6) is 11.5 Å². The molecule has 2 aromatic rings. The number of nitrogens with zero attached hydrogens (tertiary/aromatic N) is 2. The van der Waals surface area contributed by atoms with Gasteiger partial charge in [0.1, 0.15) is 6.04 Å². The van der Waals surface area contributed by atoms with Crippen molar-refractivity contribution in [1.29, 1.82) is 0 Å². The zero-order valence-electron chi connectivity index (χ0n) is 15.1. The van der Waals surface area contributed by atoms with Crippen LogP contribution in [0.2, 0.25) is 0 Å². The molecule has 0 unspecified atom stereocenters. The standard InChI is InChI=1S/C20H23N3O4/c24-20(22-7-5-15-3-4-17-18(12-15)27-14-26-17)19(16-2-1-6-21-13-16)23-8-10-25-11-9-23/h1-4,6,12-13,19H,5,7-11,14H2,(H,22,24)/t19-/m0/s1. The second-order valence-corrected chi connectivity index (χ2v) is 6.57. The highest BCUT2D eigenvalue weighted by molar-refractivity contribution is 5.83. The predicted octanol–water partition coefficient (Wildman–Crippen LogP) is 1.54. The minimum Gasteiger partial charge on any atom is -0.454 e. The molecule has 1 N–H and O–H groups in total. The number of benzene rings is 1. The van der Waals surface area contributed by atoms with Gasteiger partial charge < -0.3 is 19.5 Å². The van der Waals surface area contributed by atoms with E-state index in [0.717, 1.165) is 42.1 Å². The molecule has 2 aliphatic rings. The lowest BCUT2D eigenvalue weighted by atomic mass is 10.1. The van der Waals surface area contributed by atoms with Gasteiger partial charge in [0, 0.05) is 32.0 Å². The number of aromatic nitrogens is 1. The van der Waals surface area contributed by atoms with Gasteiger partial charge in [-0.15, -0.1) is 0 Å². The van der Waals surface area contributed by atoms with Crippen LogP contribution in [0.25, 0.3) is 0 Å². The molecule has 7 heteroatoms. The first-order valence-corrected chi connectivity index (χ1v) is 9.19. The average molecular weight is 369 g/mol.